The summed E-state index contributed by atoms with van der Waals surface area (Å²) in [4.78, 5) is 27.1. The van der Waals surface area contributed by atoms with Crippen LogP contribution in [0.25, 0.3) is 6.08 Å². The second-order valence-electron chi connectivity index (χ2n) is 7.89. The van der Waals surface area contributed by atoms with Crippen LogP contribution in [0.3, 0.4) is 0 Å². The standard InChI is InChI=1S/C29H24N2O3S/c1-2-3-4-6-9-21-12-14-22(15-13-21)20-26-27(32)30-29(35)31(28(26)33)23-16-18-25(19-17-23)34-24-10-7-5-8-11-24/h5,7-8,10-20H,2-4H2,1H3,(H,30,32,35)/b26-20-. The van der Waals surface area contributed by atoms with Crippen LogP contribution in [0.5, 0.6) is 11.5 Å². The SMILES string of the molecule is CCCCC#Cc1ccc(/C=C2/C(=O)NC(=S)N(c3ccc(Oc4ccccc4)cc3)C2=O)cc1. The molecule has 0 unspecified atom stereocenters. The van der Waals surface area contributed by atoms with E-state index in [4.69, 9.17) is 17.0 Å². The van der Waals surface area contributed by atoms with E-state index in [1.807, 2.05) is 54.6 Å². The molecule has 0 bridgehead atoms. The summed E-state index contributed by atoms with van der Waals surface area (Å²) >= 11 is 5.29. The first kappa shape index (κ1) is 23.9. The van der Waals surface area contributed by atoms with Gasteiger partial charge in [0.15, 0.2) is 5.11 Å². The molecule has 0 aromatic heterocycles. The Balaban J connectivity index is 1.52. The summed E-state index contributed by atoms with van der Waals surface area (Å²) in [6, 6.07) is 23.8. The van der Waals surface area contributed by atoms with Crippen molar-refractivity contribution >= 4 is 40.9 Å². The van der Waals surface area contributed by atoms with E-state index in [1.54, 1.807) is 30.3 Å². The van der Waals surface area contributed by atoms with E-state index >= 15 is 0 Å². The van der Waals surface area contributed by atoms with Crippen molar-refractivity contribution in [2.24, 2.45) is 0 Å². The largest absolute Gasteiger partial charge is 0.457 e. The first-order chi connectivity index (χ1) is 17.0. The van der Waals surface area contributed by atoms with Crippen LogP contribution in [0, 0.1) is 11.8 Å². The summed E-state index contributed by atoms with van der Waals surface area (Å²) in [5.41, 5.74) is 2.15. The molecule has 174 valence electrons. The molecule has 5 nitrogen and oxygen atoms in total. The van der Waals surface area contributed by atoms with Gasteiger partial charge in [-0.2, -0.15) is 0 Å². The highest BCUT2D eigenvalue weighted by molar-refractivity contribution is 7.80. The number of nitrogens with zero attached hydrogens (tertiary/aromatic N) is 1. The Kier molecular flexibility index (Phi) is 7.71. The number of carbonyl (C=O) groups is 2. The molecule has 1 fully saturated rings. The number of amides is 2. The predicted octanol–water partition coefficient (Wildman–Crippen LogP) is 5.85. The Morgan fingerprint density at radius 2 is 1.63 bits per heavy atom. The zero-order valence-corrected chi connectivity index (χ0v) is 20.1. The number of hydrogen-bond acceptors (Lipinski definition) is 4. The van der Waals surface area contributed by atoms with Gasteiger partial charge in [0, 0.05) is 12.0 Å². The van der Waals surface area contributed by atoms with Crippen molar-refractivity contribution in [2.45, 2.75) is 26.2 Å². The molecule has 1 saturated heterocycles. The van der Waals surface area contributed by atoms with E-state index in [9.17, 15) is 9.59 Å². The van der Waals surface area contributed by atoms with E-state index in [2.05, 4.69) is 24.1 Å². The van der Waals surface area contributed by atoms with Gasteiger partial charge < -0.3 is 4.74 Å². The minimum Gasteiger partial charge on any atom is -0.457 e. The molecular weight excluding hydrogens is 456 g/mol. The monoisotopic (exact) mass is 480 g/mol. The zero-order chi connectivity index (χ0) is 24.6. The van der Waals surface area contributed by atoms with Gasteiger partial charge >= 0.3 is 0 Å². The summed E-state index contributed by atoms with van der Waals surface area (Å²) < 4.78 is 5.81. The second kappa shape index (κ2) is 11.3. The summed E-state index contributed by atoms with van der Waals surface area (Å²) in [5, 5.41) is 2.64. The van der Waals surface area contributed by atoms with Crippen molar-refractivity contribution in [3.63, 3.8) is 0 Å². The smallest absolute Gasteiger partial charge is 0.270 e. The van der Waals surface area contributed by atoms with Crippen molar-refractivity contribution in [1.82, 2.24) is 5.32 Å². The predicted molar refractivity (Wildman–Crippen MR) is 142 cm³/mol. The number of thiocarbonyl (C=S) groups is 1. The number of hydrogen-bond donors (Lipinski definition) is 1. The van der Waals surface area contributed by atoms with E-state index in [-0.39, 0.29) is 10.7 Å². The average molecular weight is 481 g/mol. The minimum absolute atomic E-state index is 0.00462. The maximum atomic E-state index is 13.3. The van der Waals surface area contributed by atoms with Gasteiger partial charge in [0.25, 0.3) is 11.8 Å². The topological polar surface area (TPSA) is 58.6 Å². The summed E-state index contributed by atoms with van der Waals surface area (Å²) in [6.45, 7) is 2.13. The lowest BCUT2D eigenvalue weighted by atomic mass is 10.1. The normalized spacial score (nSPS) is 14.4. The fraction of sp³-hybridized carbons (Fsp3) is 0.138. The van der Waals surface area contributed by atoms with E-state index in [1.165, 1.54) is 4.90 Å². The fourth-order valence-corrected chi connectivity index (χ4v) is 3.72. The van der Waals surface area contributed by atoms with E-state index < -0.39 is 11.8 Å². The Morgan fingerprint density at radius 3 is 2.31 bits per heavy atom. The van der Waals surface area contributed by atoms with Crippen LogP contribution in [0.1, 0.15) is 37.3 Å². The molecule has 4 rings (SSSR count). The number of carbonyl (C=O) groups excluding carboxylic acids is 2. The molecule has 0 atom stereocenters. The molecule has 35 heavy (non-hydrogen) atoms. The number of anilines is 1. The average Bonchev–Trinajstić information content (AvgIpc) is 2.87. The van der Waals surface area contributed by atoms with Crippen LogP contribution in [-0.2, 0) is 9.59 Å². The van der Waals surface area contributed by atoms with Crippen molar-refractivity contribution in [3.8, 4) is 23.3 Å². The Hall–Kier alpha value is -4.21. The van der Waals surface area contributed by atoms with Gasteiger partial charge in [0.05, 0.1) is 5.69 Å². The Morgan fingerprint density at radius 1 is 0.943 bits per heavy atom. The van der Waals surface area contributed by atoms with Gasteiger partial charge in [-0.1, -0.05) is 55.5 Å². The maximum absolute atomic E-state index is 13.3. The third-order valence-electron chi connectivity index (χ3n) is 5.29. The molecule has 0 saturated carbocycles. The van der Waals surface area contributed by atoms with Crippen molar-refractivity contribution in [2.75, 3.05) is 4.90 Å². The minimum atomic E-state index is -0.524. The van der Waals surface area contributed by atoms with Crippen LogP contribution in [0.15, 0.2) is 84.4 Å². The lowest BCUT2D eigenvalue weighted by Crippen LogP contribution is -2.54. The molecular formula is C29H24N2O3S. The van der Waals surface area contributed by atoms with Crippen LogP contribution >= 0.6 is 12.2 Å². The number of ether oxygens (including phenoxy) is 1. The van der Waals surface area contributed by atoms with Crippen LogP contribution in [-0.4, -0.2) is 16.9 Å². The van der Waals surface area contributed by atoms with E-state index in [0.717, 1.165) is 30.4 Å². The highest BCUT2D eigenvalue weighted by Gasteiger charge is 2.34. The molecule has 2 amide bonds. The highest BCUT2D eigenvalue weighted by Crippen LogP contribution is 2.27. The molecule has 1 N–H and O–H groups in total. The molecule has 1 aliphatic heterocycles. The van der Waals surface area contributed by atoms with Crippen molar-refractivity contribution < 1.29 is 14.3 Å². The number of rotatable bonds is 6. The molecule has 1 aliphatic rings. The molecule has 0 aliphatic carbocycles. The van der Waals surface area contributed by atoms with Crippen LogP contribution in [0.4, 0.5) is 5.69 Å². The summed E-state index contributed by atoms with van der Waals surface area (Å²) in [7, 11) is 0. The van der Waals surface area contributed by atoms with Gasteiger partial charge in [-0.05, 0) is 78.8 Å². The lowest BCUT2D eigenvalue weighted by Gasteiger charge is -2.29. The van der Waals surface area contributed by atoms with Crippen molar-refractivity contribution in [3.05, 3.63) is 95.6 Å². The molecule has 6 heteroatoms. The fourth-order valence-electron chi connectivity index (χ4n) is 3.44. The van der Waals surface area contributed by atoms with Gasteiger partial charge in [-0.15, -0.1) is 0 Å². The summed E-state index contributed by atoms with van der Waals surface area (Å²) in [5.74, 6) is 6.60. The third-order valence-corrected chi connectivity index (χ3v) is 5.57. The second-order valence-corrected chi connectivity index (χ2v) is 8.28. The zero-order valence-electron chi connectivity index (χ0n) is 19.3. The van der Waals surface area contributed by atoms with Gasteiger partial charge in [-0.25, -0.2) is 0 Å². The van der Waals surface area contributed by atoms with Crippen LogP contribution in [0.2, 0.25) is 0 Å². The van der Waals surface area contributed by atoms with E-state index in [0.29, 0.717) is 17.2 Å². The highest BCUT2D eigenvalue weighted by atomic mass is 32.1. The quantitative estimate of drug-likeness (QED) is 0.158. The number of para-hydroxylation sites is 1. The first-order valence-electron chi connectivity index (χ1n) is 11.4. The Bertz CT molecular complexity index is 1320. The number of benzene rings is 3. The van der Waals surface area contributed by atoms with Gasteiger partial charge in [0.1, 0.15) is 17.1 Å². The van der Waals surface area contributed by atoms with Gasteiger partial charge in [0.2, 0.25) is 0 Å². The first-order valence-corrected chi connectivity index (χ1v) is 11.8. The Labute approximate surface area is 210 Å². The molecule has 1 heterocycles. The molecule has 0 radical (unpaired) electrons. The third kappa shape index (κ3) is 6.03. The molecule has 3 aromatic carbocycles. The van der Waals surface area contributed by atoms with Gasteiger partial charge in [-0.3, -0.25) is 19.8 Å². The maximum Gasteiger partial charge on any atom is 0.270 e. The van der Waals surface area contributed by atoms with Crippen molar-refractivity contribution in [1.29, 1.82) is 0 Å². The van der Waals surface area contributed by atoms with Crippen LogP contribution < -0.4 is 15.0 Å². The lowest BCUT2D eigenvalue weighted by molar-refractivity contribution is -0.122. The molecule has 3 aromatic rings. The molecule has 0 spiro atoms. The number of unbranched alkanes of at least 4 members (excludes halogenated alkanes) is 2. The summed E-state index contributed by atoms with van der Waals surface area (Å²) in [6.07, 6.45) is 4.62. The number of nitrogens with one attached hydrogen (secondary N) is 1.